The van der Waals surface area contributed by atoms with Gasteiger partial charge in [0.1, 0.15) is 5.76 Å². The molecule has 0 aliphatic heterocycles. The fourth-order valence-electron chi connectivity index (χ4n) is 4.55. The summed E-state index contributed by atoms with van der Waals surface area (Å²) in [6.07, 6.45) is 7.35. The quantitative estimate of drug-likeness (QED) is 0.445. The SMILES string of the molecule is CCc1ccccc1N(C(=O)CNC(=O)c1cccs1)C(C(=O)NC1CCCCC1)c1ccco1. The van der Waals surface area contributed by atoms with Crippen LogP contribution < -0.4 is 15.5 Å². The van der Waals surface area contributed by atoms with Crippen LogP contribution in [-0.4, -0.2) is 30.3 Å². The van der Waals surface area contributed by atoms with Crippen molar-refractivity contribution in [2.45, 2.75) is 57.5 Å². The highest BCUT2D eigenvalue weighted by molar-refractivity contribution is 7.12. The summed E-state index contributed by atoms with van der Waals surface area (Å²) in [5.74, 6) is -0.618. The third-order valence-corrected chi connectivity index (χ3v) is 7.19. The van der Waals surface area contributed by atoms with E-state index in [2.05, 4.69) is 10.6 Å². The molecule has 3 aromatic rings. The van der Waals surface area contributed by atoms with Crippen LogP contribution in [-0.2, 0) is 16.0 Å². The Kier molecular flexibility index (Phi) is 8.36. The fraction of sp³-hybridized carbons (Fsp3) is 0.370. The van der Waals surface area contributed by atoms with Crippen LogP contribution in [0.5, 0.6) is 0 Å². The Hall–Kier alpha value is -3.39. The van der Waals surface area contributed by atoms with Gasteiger partial charge in [-0.05, 0) is 54.5 Å². The van der Waals surface area contributed by atoms with Crippen molar-refractivity contribution < 1.29 is 18.8 Å². The van der Waals surface area contributed by atoms with Crippen molar-refractivity contribution >= 4 is 34.7 Å². The van der Waals surface area contributed by atoms with E-state index in [0.717, 1.165) is 31.2 Å². The predicted molar refractivity (Wildman–Crippen MR) is 136 cm³/mol. The average molecular weight is 494 g/mol. The number of anilines is 1. The molecule has 1 aliphatic carbocycles. The van der Waals surface area contributed by atoms with Gasteiger partial charge in [0, 0.05) is 11.7 Å². The minimum atomic E-state index is -0.995. The van der Waals surface area contributed by atoms with E-state index < -0.39 is 11.9 Å². The number of para-hydroxylation sites is 1. The van der Waals surface area contributed by atoms with Gasteiger partial charge in [-0.15, -0.1) is 11.3 Å². The minimum absolute atomic E-state index is 0.0746. The summed E-state index contributed by atoms with van der Waals surface area (Å²) in [6.45, 7) is 1.76. The summed E-state index contributed by atoms with van der Waals surface area (Å²) in [4.78, 5) is 41.9. The van der Waals surface area contributed by atoms with Crippen molar-refractivity contribution in [1.29, 1.82) is 0 Å². The molecule has 35 heavy (non-hydrogen) atoms. The maximum absolute atomic E-state index is 13.7. The molecule has 2 N–H and O–H groups in total. The van der Waals surface area contributed by atoms with E-state index >= 15 is 0 Å². The van der Waals surface area contributed by atoms with Crippen molar-refractivity contribution in [1.82, 2.24) is 10.6 Å². The number of furan rings is 1. The minimum Gasteiger partial charge on any atom is -0.467 e. The largest absolute Gasteiger partial charge is 0.467 e. The Balaban J connectivity index is 1.66. The summed E-state index contributed by atoms with van der Waals surface area (Å²) in [6, 6.07) is 13.5. The highest BCUT2D eigenvalue weighted by Gasteiger charge is 2.36. The second kappa shape index (κ2) is 11.8. The number of nitrogens with one attached hydrogen (secondary N) is 2. The summed E-state index contributed by atoms with van der Waals surface area (Å²) in [5, 5.41) is 7.68. The van der Waals surface area contributed by atoms with Crippen molar-refractivity contribution in [2.75, 3.05) is 11.4 Å². The van der Waals surface area contributed by atoms with Gasteiger partial charge in [-0.3, -0.25) is 19.3 Å². The van der Waals surface area contributed by atoms with Crippen LogP contribution in [0, 0.1) is 0 Å². The normalized spacial score (nSPS) is 14.8. The smallest absolute Gasteiger partial charge is 0.261 e. The van der Waals surface area contributed by atoms with Crippen LogP contribution in [0.3, 0.4) is 0 Å². The zero-order chi connectivity index (χ0) is 24.6. The molecule has 0 radical (unpaired) electrons. The number of rotatable bonds is 9. The standard InChI is InChI=1S/C27H31N3O4S/c1-2-19-10-6-7-13-21(19)30(24(31)18-28-26(32)23-15-9-17-35-23)25(22-14-8-16-34-22)27(33)29-20-11-4-3-5-12-20/h6-10,13-17,20,25H,2-5,11-12,18H2,1H3,(H,28,32)(H,29,33). The van der Waals surface area contributed by atoms with Crippen molar-refractivity contribution in [3.63, 3.8) is 0 Å². The first-order valence-electron chi connectivity index (χ1n) is 12.1. The van der Waals surface area contributed by atoms with E-state index in [0.29, 0.717) is 22.7 Å². The van der Waals surface area contributed by atoms with E-state index in [4.69, 9.17) is 4.42 Å². The Morgan fingerprint density at radius 2 is 1.86 bits per heavy atom. The van der Waals surface area contributed by atoms with Gasteiger partial charge in [-0.25, -0.2) is 0 Å². The van der Waals surface area contributed by atoms with Crippen molar-refractivity contribution in [3.05, 3.63) is 76.4 Å². The highest BCUT2D eigenvalue weighted by Crippen LogP contribution is 2.32. The lowest BCUT2D eigenvalue weighted by molar-refractivity contribution is -0.127. The Morgan fingerprint density at radius 3 is 2.54 bits per heavy atom. The zero-order valence-corrected chi connectivity index (χ0v) is 20.7. The second-order valence-electron chi connectivity index (χ2n) is 8.67. The first-order chi connectivity index (χ1) is 17.1. The van der Waals surface area contributed by atoms with Gasteiger partial charge >= 0.3 is 0 Å². The molecule has 1 fully saturated rings. The number of hydrogen-bond donors (Lipinski definition) is 2. The van der Waals surface area contributed by atoms with E-state index in [1.165, 1.54) is 28.9 Å². The molecule has 2 heterocycles. The van der Waals surface area contributed by atoms with Crippen LogP contribution in [0.2, 0.25) is 0 Å². The fourth-order valence-corrected chi connectivity index (χ4v) is 5.19. The van der Waals surface area contributed by atoms with Crippen LogP contribution in [0.15, 0.2) is 64.6 Å². The van der Waals surface area contributed by atoms with Gasteiger partial charge in [0.25, 0.3) is 11.8 Å². The number of benzene rings is 1. The lowest BCUT2D eigenvalue weighted by atomic mass is 9.95. The van der Waals surface area contributed by atoms with E-state index in [1.807, 2.05) is 36.6 Å². The molecule has 1 aromatic carbocycles. The van der Waals surface area contributed by atoms with Crippen LogP contribution in [0.4, 0.5) is 5.69 Å². The van der Waals surface area contributed by atoms with Crippen LogP contribution in [0.1, 0.15) is 66.1 Å². The summed E-state index contributed by atoms with van der Waals surface area (Å²) in [7, 11) is 0. The van der Waals surface area contributed by atoms with Crippen molar-refractivity contribution in [2.24, 2.45) is 0 Å². The molecular weight excluding hydrogens is 462 g/mol. The topological polar surface area (TPSA) is 91.7 Å². The number of carbonyl (C=O) groups is 3. The number of carbonyl (C=O) groups excluding carboxylic acids is 3. The summed E-state index contributed by atoms with van der Waals surface area (Å²) >= 11 is 1.31. The Bertz CT molecular complexity index is 1120. The maximum atomic E-state index is 13.7. The molecule has 0 bridgehead atoms. The molecule has 7 nitrogen and oxygen atoms in total. The summed E-state index contributed by atoms with van der Waals surface area (Å²) in [5.41, 5.74) is 1.55. The third-order valence-electron chi connectivity index (χ3n) is 6.32. The second-order valence-corrected chi connectivity index (χ2v) is 9.62. The lowest BCUT2D eigenvalue weighted by Gasteiger charge is -2.33. The molecular formula is C27H31N3O4S. The molecule has 0 saturated heterocycles. The van der Waals surface area contributed by atoms with Gasteiger partial charge in [-0.1, -0.05) is 50.5 Å². The monoisotopic (exact) mass is 493 g/mol. The van der Waals surface area contributed by atoms with Gasteiger partial charge in [0.2, 0.25) is 5.91 Å². The molecule has 1 unspecified atom stereocenters. The van der Waals surface area contributed by atoms with E-state index in [1.54, 1.807) is 24.3 Å². The first-order valence-corrected chi connectivity index (χ1v) is 13.0. The molecule has 1 saturated carbocycles. The Labute approximate surface area is 209 Å². The molecule has 2 aromatic heterocycles. The first kappa shape index (κ1) is 24.7. The van der Waals surface area contributed by atoms with Crippen molar-refractivity contribution in [3.8, 4) is 0 Å². The average Bonchev–Trinajstić information content (AvgIpc) is 3.61. The number of nitrogens with zero attached hydrogens (tertiary/aromatic N) is 1. The molecule has 4 rings (SSSR count). The molecule has 184 valence electrons. The predicted octanol–water partition coefficient (Wildman–Crippen LogP) is 4.86. The van der Waals surface area contributed by atoms with Gasteiger partial charge in [-0.2, -0.15) is 0 Å². The highest BCUT2D eigenvalue weighted by atomic mass is 32.1. The number of amides is 3. The number of aryl methyl sites for hydroxylation is 1. The lowest BCUT2D eigenvalue weighted by Crippen LogP contribution is -2.49. The summed E-state index contributed by atoms with van der Waals surface area (Å²) < 4.78 is 5.68. The molecule has 1 atom stereocenters. The van der Waals surface area contributed by atoms with E-state index in [-0.39, 0.29) is 24.4 Å². The third kappa shape index (κ3) is 6.00. The van der Waals surface area contributed by atoms with Crippen LogP contribution in [0.25, 0.3) is 0 Å². The maximum Gasteiger partial charge on any atom is 0.261 e. The van der Waals surface area contributed by atoms with Crippen LogP contribution >= 0.6 is 11.3 Å². The molecule has 3 amide bonds. The molecule has 1 aliphatic rings. The van der Waals surface area contributed by atoms with Gasteiger partial charge < -0.3 is 15.1 Å². The number of thiophene rings is 1. The van der Waals surface area contributed by atoms with Gasteiger partial charge in [0.05, 0.1) is 17.7 Å². The molecule has 0 spiro atoms. The number of hydrogen-bond acceptors (Lipinski definition) is 5. The molecule has 8 heteroatoms. The zero-order valence-electron chi connectivity index (χ0n) is 19.9. The van der Waals surface area contributed by atoms with E-state index in [9.17, 15) is 14.4 Å². The van der Waals surface area contributed by atoms with Gasteiger partial charge in [0.15, 0.2) is 6.04 Å². The Morgan fingerprint density at radius 1 is 1.06 bits per heavy atom.